The number of sulfonamides is 1. The first kappa shape index (κ1) is 27.4. The minimum atomic E-state index is -3.50. The van der Waals surface area contributed by atoms with Crippen LogP contribution >= 0.6 is 0 Å². The molecule has 7 nitrogen and oxygen atoms in total. The van der Waals surface area contributed by atoms with Crippen LogP contribution in [0.3, 0.4) is 0 Å². The predicted octanol–water partition coefficient (Wildman–Crippen LogP) is 3.74. The van der Waals surface area contributed by atoms with Gasteiger partial charge in [0.25, 0.3) is 0 Å². The monoisotopic (exact) mass is 487 g/mol. The number of nitrogens with zero attached hydrogens (tertiary/aromatic N) is 2. The van der Waals surface area contributed by atoms with E-state index < -0.39 is 16.1 Å². The standard InChI is InChI=1S/C26H37N3O4S/c1-5-21-15-17-23(18-16-21)29(34(4,32)33)19-11-14-25(30)28(20-22-12-9-8-10-13-22)24(6-2)26(31)27-7-3/h8-10,12-13,15-18,24H,5-7,11,14,19-20H2,1-4H3,(H,27,31)/t24-/m1/s1. The molecular formula is C26H37N3O4S. The van der Waals surface area contributed by atoms with Gasteiger partial charge in [0.2, 0.25) is 21.8 Å². The number of anilines is 1. The van der Waals surface area contributed by atoms with Gasteiger partial charge < -0.3 is 10.2 Å². The highest BCUT2D eigenvalue weighted by Gasteiger charge is 2.28. The average molecular weight is 488 g/mol. The zero-order chi connectivity index (χ0) is 25.1. The summed E-state index contributed by atoms with van der Waals surface area (Å²) in [5.74, 6) is -0.347. The van der Waals surface area contributed by atoms with E-state index in [0.29, 0.717) is 31.6 Å². The molecule has 0 fully saturated rings. The maximum absolute atomic E-state index is 13.3. The lowest BCUT2D eigenvalue weighted by Crippen LogP contribution is -2.49. The molecule has 2 rings (SSSR count). The lowest BCUT2D eigenvalue weighted by Gasteiger charge is -2.31. The topological polar surface area (TPSA) is 86.8 Å². The molecule has 0 aliphatic heterocycles. The largest absolute Gasteiger partial charge is 0.355 e. The van der Waals surface area contributed by atoms with E-state index in [0.717, 1.165) is 17.5 Å². The van der Waals surface area contributed by atoms with Crippen LogP contribution in [0.5, 0.6) is 0 Å². The van der Waals surface area contributed by atoms with Crippen LogP contribution < -0.4 is 9.62 Å². The van der Waals surface area contributed by atoms with Crippen molar-refractivity contribution in [2.24, 2.45) is 0 Å². The summed E-state index contributed by atoms with van der Waals surface area (Å²) >= 11 is 0. The van der Waals surface area contributed by atoms with Crippen LogP contribution in [0.4, 0.5) is 5.69 Å². The van der Waals surface area contributed by atoms with Gasteiger partial charge in [0.1, 0.15) is 6.04 Å². The third-order valence-corrected chi connectivity index (χ3v) is 6.91. The Bertz CT molecular complexity index is 1020. The van der Waals surface area contributed by atoms with Gasteiger partial charge in [-0.3, -0.25) is 13.9 Å². The number of benzene rings is 2. The normalized spacial score (nSPS) is 12.1. The maximum Gasteiger partial charge on any atom is 0.242 e. The van der Waals surface area contributed by atoms with Gasteiger partial charge in [0.15, 0.2) is 0 Å². The zero-order valence-corrected chi connectivity index (χ0v) is 21.5. The molecule has 2 aromatic rings. The molecule has 8 heteroatoms. The summed E-state index contributed by atoms with van der Waals surface area (Å²) in [6, 6.07) is 16.4. The summed E-state index contributed by atoms with van der Waals surface area (Å²) in [6.45, 7) is 6.78. The van der Waals surface area contributed by atoms with E-state index in [9.17, 15) is 18.0 Å². The third-order valence-electron chi connectivity index (χ3n) is 5.72. The Labute approximate surface area is 204 Å². The van der Waals surface area contributed by atoms with Gasteiger partial charge in [-0.05, 0) is 49.4 Å². The average Bonchev–Trinajstić information content (AvgIpc) is 2.81. The van der Waals surface area contributed by atoms with Crippen LogP contribution in [0.2, 0.25) is 0 Å². The summed E-state index contributed by atoms with van der Waals surface area (Å²) < 4.78 is 26.2. The maximum atomic E-state index is 13.3. The molecule has 34 heavy (non-hydrogen) atoms. The van der Waals surface area contributed by atoms with Crippen molar-refractivity contribution in [1.82, 2.24) is 10.2 Å². The number of hydrogen-bond acceptors (Lipinski definition) is 4. The van der Waals surface area contributed by atoms with Crippen LogP contribution in [0, 0.1) is 0 Å². The molecule has 0 aromatic heterocycles. The zero-order valence-electron chi connectivity index (χ0n) is 20.7. The van der Waals surface area contributed by atoms with Gasteiger partial charge in [0.05, 0.1) is 11.9 Å². The Morgan fingerprint density at radius 1 is 0.941 bits per heavy atom. The third kappa shape index (κ3) is 7.87. The summed E-state index contributed by atoms with van der Waals surface area (Å²) in [5.41, 5.74) is 2.65. The number of nitrogens with one attached hydrogen (secondary N) is 1. The van der Waals surface area contributed by atoms with Gasteiger partial charge in [-0.2, -0.15) is 0 Å². The molecule has 186 valence electrons. The molecule has 2 aromatic carbocycles. The summed E-state index contributed by atoms with van der Waals surface area (Å²) in [4.78, 5) is 27.6. The van der Waals surface area contributed by atoms with Crippen molar-refractivity contribution >= 4 is 27.5 Å². The van der Waals surface area contributed by atoms with Crippen molar-refractivity contribution < 1.29 is 18.0 Å². The molecule has 2 amide bonds. The van der Waals surface area contributed by atoms with Crippen LogP contribution in [0.25, 0.3) is 0 Å². The highest BCUT2D eigenvalue weighted by Crippen LogP contribution is 2.20. The second-order valence-electron chi connectivity index (χ2n) is 8.28. The molecule has 1 N–H and O–H groups in total. The highest BCUT2D eigenvalue weighted by atomic mass is 32.2. The van der Waals surface area contributed by atoms with Gasteiger partial charge in [-0.15, -0.1) is 0 Å². The van der Waals surface area contributed by atoms with Crippen molar-refractivity contribution in [3.63, 3.8) is 0 Å². The van der Waals surface area contributed by atoms with Crippen molar-refractivity contribution in [1.29, 1.82) is 0 Å². The van der Waals surface area contributed by atoms with Crippen LogP contribution in [-0.2, 0) is 32.6 Å². The molecule has 0 aliphatic rings. The lowest BCUT2D eigenvalue weighted by molar-refractivity contribution is -0.141. The van der Waals surface area contributed by atoms with Crippen molar-refractivity contribution in [2.45, 2.75) is 59.0 Å². The second-order valence-corrected chi connectivity index (χ2v) is 10.2. The summed E-state index contributed by atoms with van der Waals surface area (Å²) in [7, 11) is -3.50. The smallest absolute Gasteiger partial charge is 0.242 e. The quantitative estimate of drug-likeness (QED) is 0.466. The SMILES string of the molecule is CCNC(=O)[C@@H](CC)N(Cc1ccccc1)C(=O)CCCN(c1ccc(CC)cc1)S(C)(=O)=O. The Morgan fingerprint density at radius 3 is 2.12 bits per heavy atom. The fraction of sp³-hybridized carbons (Fsp3) is 0.462. The molecule has 0 spiro atoms. The second kappa shape index (κ2) is 13.1. The number of aryl methyl sites for hydroxylation is 1. The fourth-order valence-electron chi connectivity index (χ4n) is 3.89. The molecule has 0 saturated heterocycles. The van der Waals surface area contributed by atoms with E-state index in [4.69, 9.17) is 0 Å². The molecule has 0 saturated carbocycles. The molecule has 0 bridgehead atoms. The van der Waals surface area contributed by atoms with Gasteiger partial charge in [-0.25, -0.2) is 8.42 Å². The number of amides is 2. The molecule has 0 radical (unpaired) electrons. The fourth-order valence-corrected chi connectivity index (χ4v) is 4.86. The Balaban J connectivity index is 2.16. The lowest BCUT2D eigenvalue weighted by atomic mass is 10.1. The minimum Gasteiger partial charge on any atom is -0.355 e. The van der Waals surface area contributed by atoms with E-state index in [1.165, 1.54) is 10.6 Å². The van der Waals surface area contributed by atoms with E-state index in [-0.39, 0.29) is 24.8 Å². The number of hydrogen-bond donors (Lipinski definition) is 1. The van der Waals surface area contributed by atoms with E-state index in [1.807, 2.05) is 63.2 Å². The molecule has 0 unspecified atom stereocenters. The van der Waals surface area contributed by atoms with Crippen LogP contribution in [-0.4, -0.2) is 50.5 Å². The van der Waals surface area contributed by atoms with Gasteiger partial charge in [-0.1, -0.05) is 56.3 Å². The first-order chi connectivity index (χ1) is 16.2. The number of rotatable bonds is 13. The summed E-state index contributed by atoms with van der Waals surface area (Å²) in [5, 5.41) is 2.82. The molecule has 0 aliphatic carbocycles. The molecule has 1 atom stereocenters. The number of likely N-dealkylation sites (N-methyl/N-ethyl adjacent to an activating group) is 1. The van der Waals surface area contributed by atoms with Crippen LogP contribution in [0.1, 0.15) is 51.2 Å². The highest BCUT2D eigenvalue weighted by molar-refractivity contribution is 7.92. The first-order valence-electron chi connectivity index (χ1n) is 11.9. The van der Waals surface area contributed by atoms with E-state index >= 15 is 0 Å². The first-order valence-corrected chi connectivity index (χ1v) is 13.7. The molecule has 0 heterocycles. The number of carbonyl (C=O) groups excluding carboxylic acids is 2. The van der Waals surface area contributed by atoms with Crippen LogP contribution in [0.15, 0.2) is 54.6 Å². The van der Waals surface area contributed by atoms with Crippen molar-refractivity contribution in [3.8, 4) is 0 Å². The molecular weight excluding hydrogens is 450 g/mol. The van der Waals surface area contributed by atoms with E-state index in [2.05, 4.69) is 5.32 Å². The van der Waals surface area contributed by atoms with Gasteiger partial charge in [0, 0.05) is 26.1 Å². The van der Waals surface area contributed by atoms with Crippen molar-refractivity contribution in [3.05, 3.63) is 65.7 Å². The van der Waals surface area contributed by atoms with E-state index in [1.54, 1.807) is 17.0 Å². The number of carbonyl (C=O) groups is 2. The minimum absolute atomic E-state index is 0.141. The predicted molar refractivity (Wildman–Crippen MR) is 137 cm³/mol. The Hall–Kier alpha value is -2.87. The Morgan fingerprint density at radius 2 is 1.59 bits per heavy atom. The van der Waals surface area contributed by atoms with Gasteiger partial charge >= 0.3 is 0 Å². The summed E-state index contributed by atoms with van der Waals surface area (Å²) in [6.07, 6.45) is 3.02. The van der Waals surface area contributed by atoms with Crippen molar-refractivity contribution in [2.75, 3.05) is 23.7 Å². The Kier molecular flexibility index (Phi) is 10.6.